The molecule has 0 unspecified atom stereocenters. The maximum Gasteiger partial charge on any atom is 0.311 e. The Morgan fingerprint density at radius 3 is 2.25 bits per heavy atom. The van der Waals surface area contributed by atoms with Gasteiger partial charge in [0.05, 0.1) is 30.5 Å². The Kier molecular flexibility index (Phi) is 7.21. The number of nitrogens with zero attached hydrogens (tertiary/aromatic N) is 1. The Hall–Kier alpha value is -2.11. The molecule has 0 spiro atoms. The first-order valence-electron chi connectivity index (χ1n) is 10.7. The first-order valence-corrected chi connectivity index (χ1v) is 11.9. The third-order valence-corrected chi connectivity index (χ3v) is 6.85. The largest absolute Gasteiger partial charge is 0.496 e. The minimum absolute atomic E-state index is 0.0234. The zero-order chi connectivity index (χ0) is 23.7. The number of carbonyl (C=O) groups is 1. The van der Waals surface area contributed by atoms with Crippen molar-refractivity contribution in [3.8, 4) is 5.75 Å². The molecule has 3 rings (SSSR count). The third kappa shape index (κ3) is 5.26. The van der Waals surface area contributed by atoms with Gasteiger partial charge in [0.25, 0.3) is 0 Å². The van der Waals surface area contributed by atoms with Crippen molar-refractivity contribution < 1.29 is 14.3 Å². The van der Waals surface area contributed by atoms with Crippen LogP contribution < -0.4 is 4.74 Å². The molecule has 1 heterocycles. The van der Waals surface area contributed by atoms with E-state index < -0.39 is 5.41 Å². The summed E-state index contributed by atoms with van der Waals surface area (Å²) in [6.45, 7) is 11.1. The van der Waals surface area contributed by atoms with E-state index in [0.717, 1.165) is 32.8 Å². The van der Waals surface area contributed by atoms with Crippen LogP contribution in [0.1, 0.15) is 45.9 Å². The lowest BCUT2D eigenvalue weighted by molar-refractivity contribution is -0.150. The molecule has 172 valence electrons. The van der Waals surface area contributed by atoms with Crippen LogP contribution in [0.2, 0.25) is 5.02 Å². The van der Waals surface area contributed by atoms with Crippen LogP contribution in [0.5, 0.6) is 5.75 Å². The number of benzene rings is 2. The molecule has 0 saturated heterocycles. The number of ether oxygens (including phenoxy) is 2. The number of aromatic nitrogens is 1. The molecule has 0 bridgehead atoms. The molecular weight excluding hydrogens is 442 g/mol. The molecule has 0 atom stereocenters. The second-order valence-corrected chi connectivity index (χ2v) is 11.9. The predicted molar refractivity (Wildman–Crippen MR) is 134 cm³/mol. The Morgan fingerprint density at radius 2 is 1.69 bits per heavy atom. The predicted octanol–water partition coefficient (Wildman–Crippen LogP) is 6.98. The van der Waals surface area contributed by atoms with E-state index in [-0.39, 0.29) is 10.7 Å². The van der Waals surface area contributed by atoms with Crippen molar-refractivity contribution in [1.82, 2.24) is 4.57 Å². The SMILES string of the molecule is COC(=O)C(C)(C)Cc1c(SC(C)(C)C)c2c(OC)cccc2n1Cc1ccc(Cl)cc1. The standard InChI is InChI=1S/C26H32ClNO3S/c1-25(2,3)32-23-20(15-26(4,5)24(29)31-7)28(16-17-11-13-18(27)14-12-17)19-9-8-10-21(30-6)22(19)23/h8-14H,15-16H2,1-7H3. The number of hydrogen-bond acceptors (Lipinski definition) is 4. The lowest BCUT2D eigenvalue weighted by atomic mass is 9.87. The molecule has 0 N–H and O–H groups in total. The van der Waals surface area contributed by atoms with Gasteiger partial charge in [0.1, 0.15) is 5.75 Å². The molecule has 3 aromatic rings. The molecule has 0 amide bonds. The van der Waals surface area contributed by atoms with Crippen molar-refractivity contribution in [1.29, 1.82) is 0 Å². The highest BCUT2D eigenvalue weighted by molar-refractivity contribution is 8.00. The van der Waals surface area contributed by atoms with Gasteiger partial charge in [-0.3, -0.25) is 4.79 Å². The van der Waals surface area contributed by atoms with Gasteiger partial charge in [-0.25, -0.2) is 0 Å². The summed E-state index contributed by atoms with van der Waals surface area (Å²) in [5.74, 6) is 0.612. The van der Waals surface area contributed by atoms with Crippen LogP contribution in [0, 0.1) is 5.41 Å². The normalized spacial score (nSPS) is 12.2. The van der Waals surface area contributed by atoms with Crippen molar-refractivity contribution in [3.05, 3.63) is 58.7 Å². The molecule has 0 fully saturated rings. The van der Waals surface area contributed by atoms with Crippen LogP contribution >= 0.6 is 23.4 Å². The summed E-state index contributed by atoms with van der Waals surface area (Å²) in [6.07, 6.45) is 0.545. The second kappa shape index (κ2) is 9.40. The minimum Gasteiger partial charge on any atom is -0.496 e. The van der Waals surface area contributed by atoms with Crippen LogP contribution in [0.15, 0.2) is 47.4 Å². The van der Waals surface area contributed by atoms with E-state index in [1.165, 1.54) is 7.11 Å². The van der Waals surface area contributed by atoms with Crippen molar-refractivity contribution >= 4 is 40.2 Å². The third-order valence-electron chi connectivity index (χ3n) is 5.34. The number of methoxy groups -OCH3 is 2. The van der Waals surface area contributed by atoms with Crippen LogP contribution in [0.25, 0.3) is 10.9 Å². The number of fused-ring (bicyclic) bond motifs is 1. The fourth-order valence-corrected chi connectivity index (χ4v) is 5.21. The van der Waals surface area contributed by atoms with Crippen molar-refractivity contribution in [2.24, 2.45) is 5.41 Å². The van der Waals surface area contributed by atoms with Gasteiger partial charge in [-0.05, 0) is 43.7 Å². The lowest BCUT2D eigenvalue weighted by Gasteiger charge is -2.25. The summed E-state index contributed by atoms with van der Waals surface area (Å²) in [7, 11) is 3.15. The van der Waals surface area contributed by atoms with Crippen molar-refractivity contribution in [2.75, 3.05) is 14.2 Å². The quantitative estimate of drug-likeness (QED) is 0.274. The summed E-state index contributed by atoms with van der Waals surface area (Å²) >= 11 is 7.92. The Balaban J connectivity index is 2.30. The zero-order valence-corrected chi connectivity index (χ0v) is 21.5. The first-order chi connectivity index (χ1) is 15.0. The summed E-state index contributed by atoms with van der Waals surface area (Å²) in [5.41, 5.74) is 2.65. The molecule has 32 heavy (non-hydrogen) atoms. The lowest BCUT2D eigenvalue weighted by Crippen LogP contribution is -2.29. The molecular formula is C26H32ClNO3S. The zero-order valence-electron chi connectivity index (χ0n) is 19.9. The first kappa shape index (κ1) is 24.5. The van der Waals surface area contributed by atoms with Gasteiger partial charge >= 0.3 is 5.97 Å². The fraction of sp³-hybridized carbons (Fsp3) is 0.423. The molecule has 0 saturated carbocycles. The van der Waals surface area contributed by atoms with E-state index in [9.17, 15) is 4.79 Å². The van der Waals surface area contributed by atoms with E-state index in [1.807, 2.05) is 50.2 Å². The average Bonchev–Trinajstić information content (AvgIpc) is 3.00. The molecule has 0 radical (unpaired) electrons. The van der Waals surface area contributed by atoms with Gasteiger partial charge in [-0.1, -0.05) is 50.6 Å². The summed E-state index contributed by atoms with van der Waals surface area (Å²) < 4.78 is 13.2. The number of halogens is 1. The number of thioether (sulfide) groups is 1. The Morgan fingerprint density at radius 1 is 1.03 bits per heavy atom. The van der Waals surface area contributed by atoms with Gasteiger partial charge < -0.3 is 14.0 Å². The topological polar surface area (TPSA) is 40.5 Å². The van der Waals surface area contributed by atoms with Crippen LogP contribution in [0.4, 0.5) is 0 Å². The number of esters is 1. The Bertz CT molecular complexity index is 1110. The van der Waals surface area contributed by atoms with Gasteiger partial charge in [0.15, 0.2) is 0 Å². The van der Waals surface area contributed by atoms with Crippen molar-refractivity contribution in [2.45, 2.75) is 57.2 Å². The highest BCUT2D eigenvalue weighted by Gasteiger charge is 2.34. The van der Waals surface area contributed by atoms with E-state index in [0.29, 0.717) is 18.0 Å². The second-order valence-electron chi connectivity index (χ2n) is 9.61. The highest BCUT2D eigenvalue weighted by atomic mass is 35.5. The molecule has 1 aromatic heterocycles. The van der Waals surface area contributed by atoms with Gasteiger partial charge in [0.2, 0.25) is 0 Å². The van der Waals surface area contributed by atoms with Crippen LogP contribution in [-0.2, 0) is 22.5 Å². The number of rotatable bonds is 7. The van der Waals surface area contributed by atoms with E-state index >= 15 is 0 Å². The van der Waals surface area contributed by atoms with E-state index in [2.05, 4.69) is 31.4 Å². The van der Waals surface area contributed by atoms with E-state index in [1.54, 1.807) is 18.9 Å². The average molecular weight is 474 g/mol. The number of hydrogen-bond donors (Lipinski definition) is 0. The fourth-order valence-electron chi connectivity index (χ4n) is 3.87. The molecule has 2 aromatic carbocycles. The maximum atomic E-state index is 12.6. The smallest absolute Gasteiger partial charge is 0.311 e. The maximum absolute atomic E-state index is 12.6. The summed E-state index contributed by atoms with van der Waals surface area (Å²) in [6, 6.07) is 14.0. The number of carbonyl (C=O) groups excluding carboxylic acids is 1. The van der Waals surface area contributed by atoms with Crippen molar-refractivity contribution in [3.63, 3.8) is 0 Å². The minimum atomic E-state index is -0.679. The van der Waals surface area contributed by atoms with Gasteiger partial charge in [0, 0.05) is 33.3 Å². The summed E-state index contributed by atoms with van der Waals surface area (Å²) in [4.78, 5) is 13.8. The van der Waals surface area contributed by atoms with E-state index in [4.69, 9.17) is 21.1 Å². The molecule has 6 heteroatoms. The summed E-state index contributed by atoms with van der Waals surface area (Å²) in [5, 5.41) is 1.79. The van der Waals surface area contributed by atoms with Crippen LogP contribution in [-0.4, -0.2) is 29.5 Å². The van der Waals surface area contributed by atoms with Crippen LogP contribution in [0.3, 0.4) is 0 Å². The molecule has 0 aliphatic carbocycles. The monoisotopic (exact) mass is 473 g/mol. The highest BCUT2D eigenvalue weighted by Crippen LogP contribution is 2.46. The molecule has 0 aliphatic heterocycles. The van der Waals surface area contributed by atoms with Gasteiger partial charge in [-0.2, -0.15) is 0 Å². The molecule has 4 nitrogen and oxygen atoms in total. The van der Waals surface area contributed by atoms with Gasteiger partial charge in [-0.15, -0.1) is 11.8 Å². The molecule has 0 aliphatic rings. The Labute approximate surface area is 200 Å².